The lowest BCUT2D eigenvalue weighted by Crippen LogP contribution is -2.03. The van der Waals surface area contributed by atoms with Gasteiger partial charge in [-0.3, -0.25) is 4.98 Å². The fourth-order valence-corrected chi connectivity index (χ4v) is 2.14. The molecule has 0 aliphatic rings. The van der Waals surface area contributed by atoms with Gasteiger partial charge < -0.3 is 5.32 Å². The molecule has 0 bridgehead atoms. The summed E-state index contributed by atoms with van der Waals surface area (Å²) >= 11 is 12.1. The fourth-order valence-electron chi connectivity index (χ4n) is 1.75. The summed E-state index contributed by atoms with van der Waals surface area (Å²) in [7, 11) is 0. The average Bonchev–Trinajstić information content (AvgIpc) is 2.33. The number of anilines is 1. The first kappa shape index (κ1) is 13.2. The highest BCUT2D eigenvalue weighted by Crippen LogP contribution is 2.26. The molecule has 0 saturated carbocycles. The summed E-state index contributed by atoms with van der Waals surface area (Å²) in [5.41, 5.74) is 3.98. The number of hydrogen-bond donors (Lipinski definition) is 1. The monoisotopic (exact) mass is 280 g/mol. The molecule has 0 fully saturated rings. The van der Waals surface area contributed by atoms with Gasteiger partial charge in [-0.2, -0.15) is 0 Å². The molecule has 1 aromatic heterocycles. The Kier molecular flexibility index (Phi) is 4.10. The van der Waals surface area contributed by atoms with Crippen molar-refractivity contribution in [3.8, 4) is 0 Å². The van der Waals surface area contributed by atoms with Gasteiger partial charge in [-0.15, -0.1) is 0 Å². The Balaban J connectivity index is 2.14. The quantitative estimate of drug-likeness (QED) is 0.888. The molecule has 0 atom stereocenters. The smallest absolute Gasteiger partial charge is 0.0642 e. The van der Waals surface area contributed by atoms with Crippen LogP contribution in [0.25, 0.3) is 0 Å². The van der Waals surface area contributed by atoms with E-state index in [1.807, 2.05) is 38.1 Å². The van der Waals surface area contributed by atoms with E-state index < -0.39 is 0 Å². The van der Waals surface area contributed by atoms with Crippen LogP contribution in [0, 0.1) is 13.8 Å². The van der Waals surface area contributed by atoms with Crippen LogP contribution in [0.15, 0.2) is 30.3 Å². The van der Waals surface area contributed by atoms with E-state index in [4.69, 9.17) is 23.2 Å². The van der Waals surface area contributed by atoms with Gasteiger partial charge in [0.2, 0.25) is 0 Å². The van der Waals surface area contributed by atoms with E-state index in [1.54, 1.807) is 6.07 Å². The van der Waals surface area contributed by atoms with Crippen LogP contribution in [0.5, 0.6) is 0 Å². The molecule has 1 heterocycles. The molecule has 2 nitrogen and oxygen atoms in total. The minimum atomic E-state index is 0.578. The van der Waals surface area contributed by atoms with Gasteiger partial charge in [0.25, 0.3) is 0 Å². The van der Waals surface area contributed by atoms with Crippen LogP contribution in [0.2, 0.25) is 10.0 Å². The standard InChI is InChI=1S/C14H14Cl2N2/c1-9-6-7-13(10(2)18-9)17-8-11-4-3-5-12(15)14(11)16/h3-7,17H,8H2,1-2H3. The highest BCUT2D eigenvalue weighted by atomic mass is 35.5. The van der Waals surface area contributed by atoms with E-state index in [2.05, 4.69) is 10.3 Å². The van der Waals surface area contributed by atoms with Crippen molar-refractivity contribution in [3.05, 3.63) is 57.3 Å². The predicted molar refractivity (Wildman–Crippen MR) is 77.5 cm³/mol. The Bertz CT molecular complexity index is 568. The fraction of sp³-hybridized carbons (Fsp3) is 0.214. The second-order valence-electron chi connectivity index (χ2n) is 4.15. The zero-order chi connectivity index (χ0) is 13.1. The highest BCUT2D eigenvalue weighted by Gasteiger charge is 2.05. The van der Waals surface area contributed by atoms with Crippen molar-refractivity contribution >= 4 is 28.9 Å². The van der Waals surface area contributed by atoms with Crippen molar-refractivity contribution in [3.63, 3.8) is 0 Å². The number of pyridine rings is 1. The zero-order valence-corrected chi connectivity index (χ0v) is 11.8. The minimum Gasteiger partial charge on any atom is -0.379 e. The molecule has 4 heteroatoms. The Labute approximate surface area is 117 Å². The van der Waals surface area contributed by atoms with E-state index in [0.29, 0.717) is 16.6 Å². The summed E-state index contributed by atoms with van der Waals surface area (Å²) in [6.07, 6.45) is 0. The van der Waals surface area contributed by atoms with Gasteiger partial charge in [0, 0.05) is 12.2 Å². The van der Waals surface area contributed by atoms with Crippen LogP contribution in [0.3, 0.4) is 0 Å². The van der Waals surface area contributed by atoms with Crippen molar-refractivity contribution in [2.45, 2.75) is 20.4 Å². The number of halogens is 2. The number of hydrogen-bond acceptors (Lipinski definition) is 2. The molecule has 2 rings (SSSR count). The third kappa shape index (κ3) is 2.95. The van der Waals surface area contributed by atoms with Gasteiger partial charge >= 0.3 is 0 Å². The molecule has 1 aromatic carbocycles. The van der Waals surface area contributed by atoms with E-state index in [-0.39, 0.29) is 0 Å². The molecule has 0 spiro atoms. The first-order valence-corrected chi connectivity index (χ1v) is 6.44. The van der Waals surface area contributed by atoms with Gasteiger partial charge in [-0.25, -0.2) is 0 Å². The summed E-state index contributed by atoms with van der Waals surface area (Å²) in [5, 5.41) is 4.50. The van der Waals surface area contributed by atoms with Crippen molar-refractivity contribution < 1.29 is 0 Å². The molecule has 0 amide bonds. The summed E-state index contributed by atoms with van der Waals surface area (Å²) in [6.45, 7) is 4.59. The number of benzene rings is 1. The molecule has 2 aromatic rings. The Morgan fingerprint density at radius 1 is 1.11 bits per heavy atom. The first-order valence-electron chi connectivity index (χ1n) is 5.69. The molecule has 0 saturated heterocycles. The Hall–Kier alpha value is -1.25. The molecule has 0 radical (unpaired) electrons. The van der Waals surface area contributed by atoms with Crippen molar-refractivity contribution in [2.75, 3.05) is 5.32 Å². The van der Waals surface area contributed by atoms with Crippen LogP contribution in [0.4, 0.5) is 5.69 Å². The molecular weight excluding hydrogens is 267 g/mol. The van der Waals surface area contributed by atoms with Crippen LogP contribution in [-0.2, 0) is 6.54 Å². The SMILES string of the molecule is Cc1ccc(NCc2cccc(Cl)c2Cl)c(C)n1. The van der Waals surface area contributed by atoms with Crippen LogP contribution >= 0.6 is 23.2 Å². The minimum absolute atomic E-state index is 0.578. The van der Waals surface area contributed by atoms with Crippen LogP contribution < -0.4 is 5.32 Å². The molecule has 1 N–H and O–H groups in total. The Morgan fingerprint density at radius 3 is 2.61 bits per heavy atom. The normalized spacial score (nSPS) is 10.4. The molecule has 0 unspecified atom stereocenters. The van der Waals surface area contributed by atoms with Crippen molar-refractivity contribution in [1.29, 1.82) is 0 Å². The van der Waals surface area contributed by atoms with E-state index >= 15 is 0 Å². The maximum atomic E-state index is 6.14. The summed E-state index contributed by atoms with van der Waals surface area (Å²) < 4.78 is 0. The molecular formula is C14H14Cl2N2. The third-order valence-electron chi connectivity index (χ3n) is 2.73. The lowest BCUT2D eigenvalue weighted by atomic mass is 10.2. The maximum Gasteiger partial charge on any atom is 0.0642 e. The lowest BCUT2D eigenvalue weighted by Gasteiger charge is -2.11. The number of aryl methyl sites for hydroxylation is 2. The number of rotatable bonds is 3. The molecule has 94 valence electrons. The van der Waals surface area contributed by atoms with Crippen LogP contribution in [-0.4, -0.2) is 4.98 Å². The first-order chi connectivity index (χ1) is 8.58. The van der Waals surface area contributed by atoms with E-state index in [0.717, 1.165) is 22.6 Å². The van der Waals surface area contributed by atoms with Crippen molar-refractivity contribution in [1.82, 2.24) is 4.98 Å². The van der Waals surface area contributed by atoms with E-state index in [9.17, 15) is 0 Å². The van der Waals surface area contributed by atoms with E-state index in [1.165, 1.54) is 0 Å². The van der Waals surface area contributed by atoms with Gasteiger partial charge in [-0.05, 0) is 37.6 Å². The predicted octanol–water partition coefficient (Wildman–Crippen LogP) is 4.62. The summed E-state index contributed by atoms with van der Waals surface area (Å²) in [6, 6.07) is 9.64. The molecule has 0 aliphatic heterocycles. The second kappa shape index (κ2) is 5.59. The van der Waals surface area contributed by atoms with Gasteiger partial charge in [0.1, 0.15) is 0 Å². The number of aromatic nitrogens is 1. The highest BCUT2D eigenvalue weighted by molar-refractivity contribution is 6.42. The summed E-state index contributed by atoms with van der Waals surface area (Å²) in [4.78, 5) is 4.40. The maximum absolute atomic E-state index is 6.14. The topological polar surface area (TPSA) is 24.9 Å². The van der Waals surface area contributed by atoms with Gasteiger partial charge in [-0.1, -0.05) is 35.3 Å². The second-order valence-corrected chi connectivity index (χ2v) is 4.94. The molecule has 0 aliphatic carbocycles. The van der Waals surface area contributed by atoms with Crippen LogP contribution in [0.1, 0.15) is 17.0 Å². The average molecular weight is 281 g/mol. The van der Waals surface area contributed by atoms with Crippen molar-refractivity contribution in [2.24, 2.45) is 0 Å². The number of nitrogens with zero attached hydrogens (tertiary/aromatic N) is 1. The third-order valence-corrected chi connectivity index (χ3v) is 3.58. The number of nitrogens with one attached hydrogen (secondary N) is 1. The summed E-state index contributed by atoms with van der Waals surface area (Å²) in [5.74, 6) is 0. The lowest BCUT2D eigenvalue weighted by molar-refractivity contribution is 1.08. The zero-order valence-electron chi connectivity index (χ0n) is 10.3. The molecule has 18 heavy (non-hydrogen) atoms. The van der Waals surface area contributed by atoms with Gasteiger partial charge in [0.05, 0.1) is 21.4 Å². The largest absolute Gasteiger partial charge is 0.379 e. The van der Waals surface area contributed by atoms with Gasteiger partial charge in [0.15, 0.2) is 0 Å². The Morgan fingerprint density at radius 2 is 1.89 bits per heavy atom.